The summed E-state index contributed by atoms with van der Waals surface area (Å²) in [5.41, 5.74) is 1.63. The number of pyridine rings is 1. The van der Waals surface area contributed by atoms with Gasteiger partial charge in [-0.3, -0.25) is 19.9 Å². The number of aryl methyl sites for hydroxylation is 1. The predicted octanol–water partition coefficient (Wildman–Crippen LogP) is 3.13. The molecule has 2 rings (SSSR count). The molecule has 24 heavy (non-hydrogen) atoms. The number of hydrogen-bond acceptors (Lipinski definition) is 5. The Labute approximate surface area is 139 Å². The highest BCUT2D eigenvalue weighted by Crippen LogP contribution is 2.26. The van der Waals surface area contributed by atoms with E-state index in [4.69, 9.17) is 5.26 Å². The zero-order chi connectivity index (χ0) is 17.5. The number of hydrogen-bond donors (Lipinski definition) is 1. The second-order valence-electron chi connectivity index (χ2n) is 5.38. The third-order valence-electron chi connectivity index (χ3n) is 3.69. The van der Waals surface area contributed by atoms with Gasteiger partial charge in [-0.05, 0) is 24.5 Å². The van der Waals surface area contributed by atoms with Crippen molar-refractivity contribution in [1.82, 2.24) is 10.3 Å². The van der Waals surface area contributed by atoms with Gasteiger partial charge in [0.05, 0.1) is 28.5 Å². The monoisotopic (exact) mass is 326 g/mol. The number of nitro groups is 1. The number of rotatable bonds is 7. The number of nitro benzene ring substituents is 1. The smallest absolute Gasteiger partial charge is 0.270 e. The van der Waals surface area contributed by atoms with Gasteiger partial charge in [-0.25, -0.2) is 0 Å². The first-order valence-corrected chi connectivity index (χ1v) is 7.79. The Morgan fingerprint density at radius 3 is 2.92 bits per heavy atom. The molecule has 0 radical (unpaired) electrons. The Bertz CT molecular complexity index is 811. The van der Waals surface area contributed by atoms with Crippen LogP contribution in [0.5, 0.6) is 0 Å². The van der Waals surface area contributed by atoms with Gasteiger partial charge in [0, 0.05) is 30.3 Å². The number of benzene rings is 1. The van der Waals surface area contributed by atoms with Crippen LogP contribution in [-0.4, -0.2) is 22.4 Å². The molecule has 0 spiro atoms. The molecule has 124 valence electrons. The van der Waals surface area contributed by atoms with Crippen molar-refractivity contribution < 1.29 is 9.72 Å². The highest BCUT2D eigenvalue weighted by molar-refractivity contribution is 6.07. The lowest BCUT2D eigenvalue weighted by Crippen LogP contribution is -2.26. The predicted molar refractivity (Wildman–Crippen MR) is 89.6 cm³/mol. The number of nitriles is 1. The topological polar surface area (TPSA) is 109 Å². The minimum absolute atomic E-state index is 0.0805. The zero-order valence-electron chi connectivity index (χ0n) is 13.4. The number of nitrogens with one attached hydrogen (secondary N) is 1. The number of carbonyl (C=O) groups excluding carboxylic acids is 1. The first kappa shape index (κ1) is 17.3. The summed E-state index contributed by atoms with van der Waals surface area (Å²) in [7, 11) is 0. The molecule has 0 aliphatic heterocycles. The lowest BCUT2D eigenvalue weighted by molar-refractivity contribution is -0.384. The van der Waals surface area contributed by atoms with Gasteiger partial charge in [0.1, 0.15) is 0 Å². The second kappa shape index (κ2) is 8.02. The summed E-state index contributed by atoms with van der Waals surface area (Å²) in [5.74, 6) is -0.329. The number of aromatic nitrogens is 1. The second-order valence-corrected chi connectivity index (χ2v) is 5.38. The lowest BCUT2D eigenvalue weighted by atomic mass is 9.98. The zero-order valence-corrected chi connectivity index (χ0v) is 13.4. The van der Waals surface area contributed by atoms with Gasteiger partial charge in [-0.15, -0.1) is 0 Å². The Balaban J connectivity index is 2.54. The molecule has 0 saturated carbocycles. The molecule has 0 aliphatic carbocycles. The molecule has 0 atom stereocenters. The molecule has 0 unspecified atom stereocenters. The number of amides is 1. The Hall–Kier alpha value is -3.01. The van der Waals surface area contributed by atoms with Gasteiger partial charge in [0.25, 0.3) is 11.6 Å². The molecule has 0 bridgehead atoms. The molecule has 0 saturated heterocycles. The molecular weight excluding hydrogens is 308 g/mol. The fourth-order valence-electron chi connectivity index (χ4n) is 2.48. The van der Waals surface area contributed by atoms with E-state index in [2.05, 4.69) is 10.3 Å². The maximum absolute atomic E-state index is 12.6. The number of nitrogens with zero attached hydrogens (tertiary/aromatic N) is 3. The molecule has 1 heterocycles. The lowest BCUT2D eigenvalue weighted by Gasteiger charge is -2.12. The molecular formula is C17H18N4O3. The van der Waals surface area contributed by atoms with E-state index in [0.29, 0.717) is 22.9 Å². The molecule has 1 aromatic carbocycles. The maximum atomic E-state index is 12.6. The van der Waals surface area contributed by atoms with Gasteiger partial charge in [-0.1, -0.05) is 13.3 Å². The van der Waals surface area contributed by atoms with E-state index in [1.807, 2.05) is 13.0 Å². The quantitative estimate of drug-likeness (QED) is 0.477. The Morgan fingerprint density at radius 1 is 1.46 bits per heavy atom. The van der Waals surface area contributed by atoms with Crippen molar-refractivity contribution in [2.75, 3.05) is 6.54 Å². The summed E-state index contributed by atoms with van der Waals surface area (Å²) in [6, 6.07) is 6.27. The van der Waals surface area contributed by atoms with Gasteiger partial charge < -0.3 is 5.32 Å². The number of fused-ring (bicyclic) bond motifs is 1. The van der Waals surface area contributed by atoms with Gasteiger partial charge in [0.2, 0.25) is 0 Å². The summed E-state index contributed by atoms with van der Waals surface area (Å²) in [5, 5.41) is 22.8. The Kier molecular flexibility index (Phi) is 5.79. The van der Waals surface area contributed by atoms with Crippen molar-refractivity contribution in [3.63, 3.8) is 0 Å². The van der Waals surface area contributed by atoms with E-state index >= 15 is 0 Å². The Morgan fingerprint density at radius 2 is 2.25 bits per heavy atom. The van der Waals surface area contributed by atoms with E-state index in [-0.39, 0.29) is 24.6 Å². The summed E-state index contributed by atoms with van der Waals surface area (Å²) >= 11 is 0. The van der Waals surface area contributed by atoms with Crippen molar-refractivity contribution in [3.8, 4) is 6.07 Å². The third-order valence-corrected chi connectivity index (χ3v) is 3.69. The van der Waals surface area contributed by atoms with Crippen LogP contribution in [-0.2, 0) is 6.42 Å². The fourth-order valence-corrected chi connectivity index (χ4v) is 2.48. The molecule has 1 aromatic heterocycles. The highest BCUT2D eigenvalue weighted by atomic mass is 16.6. The average Bonchev–Trinajstić information content (AvgIpc) is 2.58. The van der Waals surface area contributed by atoms with Crippen LogP contribution in [0.4, 0.5) is 5.69 Å². The maximum Gasteiger partial charge on any atom is 0.270 e. The summed E-state index contributed by atoms with van der Waals surface area (Å²) in [6.45, 7) is 2.28. The van der Waals surface area contributed by atoms with Crippen LogP contribution in [0.15, 0.2) is 24.4 Å². The minimum Gasteiger partial charge on any atom is -0.351 e. The molecule has 1 amide bonds. The van der Waals surface area contributed by atoms with E-state index in [9.17, 15) is 14.9 Å². The molecule has 7 nitrogen and oxygen atoms in total. The van der Waals surface area contributed by atoms with Crippen LogP contribution in [0.25, 0.3) is 10.9 Å². The van der Waals surface area contributed by atoms with Crippen LogP contribution in [0.2, 0.25) is 0 Å². The van der Waals surface area contributed by atoms with Crippen molar-refractivity contribution in [1.29, 1.82) is 5.26 Å². The number of unbranched alkanes of at least 4 members (excludes halogenated alkanes) is 1. The third kappa shape index (κ3) is 3.84. The first-order chi connectivity index (χ1) is 11.6. The normalized spacial score (nSPS) is 10.3. The number of carbonyl (C=O) groups is 1. The summed E-state index contributed by atoms with van der Waals surface area (Å²) in [6.07, 6.45) is 4.38. The van der Waals surface area contributed by atoms with Crippen LogP contribution in [0.3, 0.4) is 0 Å². The van der Waals surface area contributed by atoms with Crippen molar-refractivity contribution in [3.05, 3.63) is 45.6 Å². The van der Waals surface area contributed by atoms with Crippen molar-refractivity contribution in [2.24, 2.45) is 0 Å². The van der Waals surface area contributed by atoms with Crippen LogP contribution < -0.4 is 5.32 Å². The average molecular weight is 326 g/mol. The van der Waals surface area contributed by atoms with Gasteiger partial charge in [0.15, 0.2) is 0 Å². The standard InChI is InChI=1S/C17H18N4O3/c1-2-3-5-12-11-20-15-7-6-13(21(23)24)10-14(15)16(12)17(22)19-9-4-8-18/h6-7,10-11H,2-5,9H2,1H3,(H,19,22). The highest BCUT2D eigenvalue weighted by Gasteiger charge is 2.18. The molecule has 0 fully saturated rings. The van der Waals surface area contributed by atoms with E-state index in [0.717, 1.165) is 18.4 Å². The fraction of sp³-hybridized carbons (Fsp3) is 0.353. The molecule has 2 aromatic rings. The van der Waals surface area contributed by atoms with Gasteiger partial charge >= 0.3 is 0 Å². The molecule has 7 heteroatoms. The van der Waals surface area contributed by atoms with Crippen LogP contribution in [0.1, 0.15) is 42.1 Å². The van der Waals surface area contributed by atoms with E-state index < -0.39 is 4.92 Å². The van der Waals surface area contributed by atoms with Crippen molar-refractivity contribution >= 4 is 22.5 Å². The van der Waals surface area contributed by atoms with E-state index in [1.165, 1.54) is 12.1 Å². The molecule has 0 aliphatic rings. The summed E-state index contributed by atoms with van der Waals surface area (Å²) in [4.78, 5) is 27.5. The minimum atomic E-state index is -0.491. The number of non-ortho nitro benzene ring substituents is 1. The van der Waals surface area contributed by atoms with Gasteiger partial charge in [-0.2, -0.15) is 5.26 Å². The largest absolute Gasteiger partial charge is 0.351 e. The molecule has 1 N–H and O–H groups in total. The van der Waals surface area contributed by atoms with Crippen molar-refractivity contribution in [2.45, 2.75) is 32.6 Å². The first-order valence-electron chi connectivity index (χ1n) is 7.79. The van der Waals surface area contributed by atoms with Crippen LogP contribution >= 0.6 is 0 Å². The van der Waals surface area contributed by atoms with Crippen LogP contribution in [0, 0.1) is 21.4 Å². The summed E-state index contributed by atoms with van der Waals surface area (Å²) < 4.78 is 0. The van der Waals surface area contributed by atoms with E-state index in [1.54, 1.807) is 12.3 Å². The SMILES string of the molecule is CCCCc1cnc2ccc([N+](=O)[O-])cc2c1C(=O)NCCC#N.